The minimum absolute atomic E-state index is 0.0411. The van der Waals surface area contributed by atoms with Gasteiger partial charge in [0.1, 0.15) is 6.33 Å². The van der Waals surface area contributed by atoms with Crippen LogP contribution < -0.4 is 0 Å². The van der Waals surface area contributed by atoms with Gasteiger partial charge in [-0.05, 0) is 39.0 Å². The molecule has 0 saturated carbocycles. The molecule has 0 spiro atoms. The number of rotatable bonds is 1. The van der Waals surface area contributed by atoms with Crippen molar-refractivity contribution >= 4 is 31.9 Å². The molecule has 0 aliphatic heterocycles. The molecule has 3 nitrogen and oxygen atoms in total. The van der Waals surface area contributed by atoms with Crippen molar-refractivity contribution in [2.45, 2.75) is 26.3 Å². The Bertz CT molecular complexity index is 541. The van der Waals surface area contributed by atoms with Gasteiger partial charge in [-0.3, -0.25) is 0 Å². The minimum Gasteiger partial charge on any atom is -0.308 e. The highest BCUT2D eigenvalue weighted by molar-refractivity contribution is 9.11. The van der Waals surface area contributed by atoms with Crippen molar-refractivity contribution in [2.24, 2.45) is 0 Å². The van der Waals surface area contributed by atoms with Crippen LogP contribution in [-0.2, 0) is 5.54 Å². The first-order chi connectivity index (χ1) is 7.89. The van der Waals surface area contributed by atoms with Crippen molar-refractivity contribution < 1.29 is 0 Å². The second-order valence-corrected chi connectivity index (χ2v) is 6.59. The lowest BCUT2D eigenvalue weighted by atomic mass is 10.1. The van der Waals surface area contributed by atoms with Gasteiger partial charge in [-0.15, -0.1) is 10.2 Å². The first kappa shape index (κ1) is 12.8. The SMILES string of the molecule is CC(C)(C)n1cnnc1-c1cc(Br)ccc1Br. The summed E-state index contributed by atoms with van der Waals surface area (Å²) in [6, 6.07) is 6.03. The van der Waals surface area contributed by atoms with Gasteiger partial charge >= 0.3 is 0 Å². The van der Waals surface area contributed by atoms with E-state index in [1.165, 1.54) is 0 Å². The van der Waals surface area contributed by atoms with Crippen molar-refractivity contribution in [1.82, 2.24) is 14.8 Å². The molecule has 2 rings (SSSR count). The summed E-state index contributed by atoms with van der Waals surface area (Å²) < 4.78 is 4.11. The van der Waals surface area contributed by atoms with Crippen LogP contribution in [0.3, 0.4) is 0 Å². The van der Waals surface area contributed by atoms with E-state index >= 15 is 0 Å². The molecule has 1 aromatic heterocycles. The predicted octanol–water partition coefficient (Wildman–Crippen LogP) is 4.23. The Morgan fingerprint density at radius 2 is 1.88 bits per heavy atom. The van der Waals surface area contributed by atoms with Crippen LogP contribution in [0.2, 0.25) is 0 Å². The van der Waals surface area contributed by atoms with Gasteiger partial charge in [0, 0.05) is 20.0 Å². The van der Waals surface area contributed by atoms with E-state index in [1.807, 2.05) is 18.2 Å². The molecule has 1 aromatic carbocycles. The zero-order chi connectivity index (χ0) is 12.6. The van der Waals surface area contributed by atoms with Crippen LogP contribution in [0.25, 0.3) is 11.4 Å². The summed E-state index contributed by atoms with van der Waals surface area (Å²) in [6.07, 6.45) is 1.77. The van der Waals surface area contributed by atoms with E-state index in [2.05, 4.69) is 67.4 Å². The topological polar surface area (TPSA) is 30.7 Å². The molecule has 0 radical (unpaired) electrons. The lowest BCUT2D eigenvalue weighted by Crippen LogP contribution is -2.21. The van der Waals surface area contributed by atoms with E-state index in [0.29, 0.717) is 0 Å². The Kier molecular flexibility index (Phi) is 3.41. The van der Waals surface area contributed by atoms with Gasteiger partial charge < -0.3 is 4.57 Å². The number of aromatic nitrogens is 3. The summed E-state index contributed by atoms with van der Waals surface area (Å²) in [4.78, 5) is 0. The van der Waals surface area contributed by atoms with Gasteiger partial charge in [-0.25, -0.2) is 0 Å². The van der Waals surface area contributed by atoms with Crippen LogP contribution in [0.4, 0.5) is 0 Å². The Labute approximate surface area is 118 Å². The van der Waals surface area contributed by atoms with Crippen molar-refractivity contribution in [3.05, 3.63) is 33.5 Å². The monoisotopic (exact) mass is 357 g/mol. The summed E-state index contributed by atoms with van der Waals surface area (Å²) in [5.74, 6) is 0.866. The molecular weight excluding hydrogens is 346 g/mol. The number of hydrogen-bond acceptors (Lipinski definition) is 2. The zero-order valence-corrected chi connectivity index (χ0v) is 13.1. The van der Waals surface area contributed by atoms with Gasteiger partial charge in [0.05, 0.1) is 0 Å². The van der Waals surface area contributed by atoms with Gasteiger partial charge in [0.15, 0.2) is 5.82 Å². The van der Waals surface area contributed by atoms with E-state index in [-0.39, 0.29) is 5.54 Å². The van der Waals surface area contributed by atoms with E-state index in [4.69, 9.17) is 0 Å². The summed E-state index contributed by atoms with van der Waals surface area (Å²) >= 11 is 7.03. The van der Waals surface area contributed by atoms with Gasteiger partial charge in [0.2, 0.25) is 0 Å². The van der Waals surface area contributed by atoms with Crippen LogP contribution in [0.15, 0.2) is 33.5 Å². The molecular formula is C12H13Br2N3. The minimum atomic E-state index is -0.0411. The van der Waals surface area contributed by atoms with Crippen molar-refractivity contribution in [2.75, 3.05) is 0 Å². The average molecular weight is 359 g/mol. The van der Waals surface area contributed by atoms with Crippen LogP contribution >= 0.6 is 31.9 Å². The number of benzene rings is 1. The highest BCUT2D eigenvalue weighted by Crippen LogP contribution is 2.31. The molecule has 0 atom stereocenters. The lowest BCUT2D eigenvalue weighted by Gasteiger charge is -2.22. The molecule has 90 valence electrons. The summed E-state index contributed by atoms with van der Waals surface area (Å²) in [6.45, 7) is 6.39. The van der Waals surface area contributed by atoms with Crippen LogP contribution in [0, 0.1) is 0 Å². The van der Waals surface area contributed by atoms with Crippen LogP contribution in [0.5, 0.6) is 0 Å². The van der Waals surface area contributed by atoms with Gasteiger partial charge in [-0.2, -0.15) is 0 Å². The number of halogens is 2. The Hall–Kier alpha value is -0.680. The smallest absolute Gasteiger partial charge is 0.165 e. The normalized spacial score (nSPS) is 11.8. The maximum atomic E-state index is 4.22. The molecule has 0 bridgehead atoms. The molecule has 1 heterocycles. The predicted molar refractivity (Wildman–Crippen MR) is 75.9 cm³/mol. The zero-order valence-electron chi connectivity index (χ0n) is 9.91. The van der Waals surface area contributed by atoms with Crippen LogP contribution in [0.1, 0.15) is 20.8 Å². The maximum absolute atomic E-state index is 4.22. The second-order valence-electron chi connectivity index (χ2n) is 4.82. The molecule has 2 aromatic rings. The third-order valence-electron chi connectivity index (χ3n) is 2.44. The molecule has 17 heavy (non-hydrogen) atoms. The number of hydrogen-bond donors (Lipinski definition) is 0. The third-order valence-corrected chi connectivity index (χ3v) is 3.62. The van der Waals surface area contributed by atoms with Crippen molar-refractivity contribution in [3.63, 3.8) is 0 Å². The highest BCUT2D eigenvalue weighted by atomic mass is 79.9. The van der Waals surface area contributed by atoms with Gasteiger partial charge in [-0.1, -0.05) is 31.9 Å². The number of nitrogens with zero attached hydrogens (tertiary/aromatic N) is 3. The Morgan fingerprint density at radius 1 is 1.18 bits per heavy atom. The molecule has 0 saturated heterocycles. The van der Waals surface area contributed by atoms with Crippen LogP contribution in [-0.4, -0.2) is 14.8 Å². The Balaban J connectivity index is 2.61. The summed E-state index contributed by atoms with van der Waals surface area (Å²) in [7, 11) is 0. The van der Waals surface area contributed by atoms with E-state index in [1.54, 1.807) is 6.33 Å². The average Bonchev–Trinajstić information content (AvgIpc) is 2.69. The van der Waals surface area contributed by atoms with E-state index in [0.717, 1.165) is 20.3 Å². The summed E-state index contributed by atoms with van der Waals surface area (Å²) in [5.41, 5.74) is 0.993. The molecule has 0 fully saturated rings. The standard InChI is InChI=1S/C12H13Br2N3/c1-12(2,3)17-7-15-16-11(17)9-6-8(13)4-5-10(9)14/h4-7H,1-3H3. The molecule has 5 heteroatoms. The molecule has 0 aliphatic rings. The quantitative estimate of drug-likeness (QED) is 0.763. The molecule has 0 aliphatic carbocycles. The van der Waals surface area contributed by atoms with E-state index < -0.39 is 0 Å². The fourth-order valence-corrected chi connectivity index (χ4v) is 2.36. The fraction of sp³-hybridized carbons (Fsp3) is 0.333. The summed E-state index contributed by atoms with van der Waals surface area (Å²) in [5, 5.41) is 8.23. The molecule has 0 amide bonds. The van der Waals surface area contributed by atoms with Gasteiger partial charge in [0.25, 0.3) is 0 Å². The van der Waals surface area contributed by atoms with E-state index in [9.17, 15) is 0 Å². The second kappa shape index (κ2) is 4.53. The lowest BCUT2D eigenvalue weighted by molar-refractivity contribution is 0.399. The van der Waals surface area contributed by atoms with Crippen molar-refractivity contribution in [3.8, 4) is 11.4 Å². The highest BCUT2D eigenvalue weighted by Gasteiger charge is 2.20. The molecule has 0 unspecified atom stereocenters. The largest absolute Gasteiger partial charge is 0.308 e. The maximum Gasteiger partial charge on any atom is 0.165 e. The first-order valence-electron chi connectivity index (χ1n) is 5.25. The third kappa shape index (κ3) is 2.60. The fourth-order valence-electron chi connectivity index (χ4n) is 1.58. The molecule has 0 N–H and O–H groups in total. The Morgan fingerprint density at radius 3 is 2.53 bits per heavy atom. The van der Waals surface area contributed by atoms with Crippen molar-refractivity contribution in [1.29, 1.82) is 0 Å². The first-order valence-corrected chi connectivity index (χ1v) is 6.84.